The number of carbonyl (C=O) groups excluding carboxylic acids is 2. The third kappa shape index (κ3) is 7.11. The van der Waals surface area contributed by atoms with Crippen LogP contribution in [0.15, 0.2) is 29.1 Å². The lowest BCUT2D eigenvalue weighted by Gasteiger charge is -2.31. The van der Waals surface area contributed by atoms with Crippen molar-refractivity contribution >= 4 is 11.9 Å². The molecule has 1 unspecified atom stereocenters. The van der Waals surface area contributed by atoms with Crippen LogP contribution in [0.25, 0.3) is 11.4 Å². The van der Waals surface area contributed by atoms with Crippen LogP contribution in [0.1, 0.15) is 38.8 Å². The molecule has 1 amide bonds. The predicted molar refractivity (Wildman–Crippen MR) is 124 cm³/mol. The summed E-state index contributed by atoms with van der Waals surface area (Å²) in [6, 6.07) is 7.15. The second-order valence-electron chi connectivity index (χ2n) is 7.95. The van der Waals surface area contributed by atoms with E-state index < -0.39 is 0 Å². The van der Waals surface area contributed by atoms with Gasteiger partial charge in [-0.3, -0.25) is 14.4 Å². The number of aromatic nitrogens is 3. The molecule has 2 aromatic rings. The molecule has 1 aliphatic rings. The molecule has 1 aromatic heterocycles. The third-order valence-electron chi connectivity index (χ3n) is 5.56. The molecule has 0 bridgehead atoms. The van der Waals surface area contributed by atoms with E-state index in [0.29, 0.717) is 56.7 Å². The van der Waals surface area contributed by atoms with E-state index in [4.69, 9.17) is 14.2 Å². The molecule has 1 saturated heterocycles. The fourth-order valence-corrected chi connectivity index (χ4v) is 3.77. The Kier molecular flexibility index (Phi) is 9.57. The maximum absolute atomic E-state index is 12.6. The van der Waals surface area contributed by atoms with Gasteiger partial charge in [0.15, 0.2) is 5.82 Å². The number of amides is 1. The zero-order valence-electron chi connectivity index (χ0n) is 19.7. The molecule has 1 aromatic carbocycles. The van der Waals surface area contributed by atoms with Gasteiger partial charge in [-0.25, -0.2) is 0 Å². The van der Waals surface area contributed by atoms with Crippen molar-refractivity contribution in [3.63, 3.8) is 0 Å². The van der Waals surface area contributed by atoms with Crippen LogP contribution in [-0.4, -0.2) is 71.5 Å². The van der Waals surface area contributed by atoms with Gasteiger partial charge in [-0.05, 0) is 51.0 Å². The molecule has 1 N–H and O–H groups in total. The van der Waals surface area contributed by atoms with Gasteiger partial charge >= 0.3 is 5.97 Å². The number of nitrogens with zero attached hydrogens (tertiary/aromatic N) is 3. The van der Waals surface area contributed by atoms with Crippen molar-refractivity contribution in [2.75, 3.05) is 39.5 Å². The molecule has 1 aliphatic heterocycles. The number of H-pyrrole nitrogens is 1. The van der Waals surface area contributed by atoms with Crippen LogP contribution in [0.2, 0.25) is 0 Å². The number of aryl methyl sites for hydroxylation is 1. The van der Waals surface area contributed by atoms with Crippen LogP contribution in [0.3, 0.4) is 0 Å². The van der Waals surface area contributed by atoms with E-state index >= 15 is 0 Å². The van der Waals surface area contributed by atoms with Crippen LogP contribution < -0.4 is 10.3 Å². The van der Waals surface area contributed by atoms with Crippen LogP contribution in [0.4, 0.5) is 0 Å². The SMILES string of the molecule is CCOCCOc1ccc(-c2nnc(CCC(=O)N3CCCC(C(=O)OCC)C3)c(=O)[nH]2)cc1. The first kappa shape index (κ1) is 25.4. The fourth-order valence-electron chi connectivity index (χ4n) is 3.77. The van der Waals surface area contributed by atoms with Crippen LogP contribution in [-0.2, 0) is 25.5 Å². The lowest BCUT2D eigenvalue weighted by molar-refractivity contribution is -0.151. The molecule has 0 spiro atoms. The molecule has 0 aliphatic carbocycles. The summed E-state index contributed by atoms with van der Waals surface area (Å²) in [5, 5.41) is 8.16. The van der Waals surface area contributed by atoms with Crippen molar-refractivity contribution in [3.05, 3.63) is 40.3 Å². The number of rotatable bonds is 11. The van der Waals surface area contributed by atoms with Gasteiger partial charge in [0.25, 0.3) is 5.56 Å². The topological polar surface area (TPSA) is 124 Å². The van der Waals surface area contributed by atoms with E-state index in [2.05, 4.69) is 15.2 Å². The Morgan fingerprint density at radius 3 is 2.62 bits per heavy atom. The van der Waals surface area contributed by atoms with Gasteiger partial charge in [-0.2, -0.15) is 0 Å². The van der Waals surface area contributed by atoms with E-state index in [1.165, 1.54) is 0 Å². The van der Waals surface area contributed by atoms with Crippen molar-refractivity contribution in [1.29, 1.82) is 0 Å². The van der Waals surface area contributed by atoms with Crippen LogP contribution >= 0.6 is 0 Å². The molecule has 3 rings (SSSR count). The quantitative estimate of drug-likeness (QED) is 0.389. The third-order valence-corrected chi connectivity index (χ3v) is 5.56. The maximum atomic E-state index is 12.6. The summed E-state index contributed by atoms with van der Waals surface area (Å²) >= 11 is 0. The number of nitrogens with one attached hydrogen (secondary N) is 1. The van der Waals surface area contributed by atoms with Crippen LogP contribution in [0.5, 0.6) is 5.75 Å². The Hall–Kier alpha value is -3.27. The van der Waals surface area contributed by atoms with E-state index in [9.17, 15) is 14.4 Å². The largest absolute Gasteiger partial charge is 0.491 e. The number of likely N-dealkylation sites (tertiary alicyclic amines) is 1. The summed E-state index contributed by atoms with van der Waals surface area (Å²) in [5.74, 6) is 0.370. The molecular formula is C24H32N4O6. The molecular weight excluding hydrogens is 440 g/mol. The Morgan fingerprint density at radius 2 is 1.91 bits per heavy atom. The molecule has 0 saturated carbocycles. The molecule has 10 heteroatoms. The second kappa shape index (κ2) is 12.8. The summed E-state index contributed by atoms with van der Waals surface area (Å²) in [6.07, 6.45) is 1.77. The summed E-state index contributed by atoms with van der Waals surface area (Å²) in [6.45, 7) is 6.59. The Labute approximate surface area is 198 Å². The Balaban J connectivity index is 1.53. The minimum atomic E-state index is -0.377. The zero-order chi connectivity index (χ0) is 24.3. The highest BCUT2D eigenvalue weighted by Gasteiger charge is 2.29. The van der Waals surface area contributed by atoms with E-state index in [-0.39, 0.29) is 41.9 Å². The van der Waals surface area contributed by atoms with Gasteiger partial charge < -0.3 is 24.1 Å². The first-order valence-corrected chi connectivity index (χ1v) is 11.7. The number of aromatic amines is 1. The maximum Gasteiger partial charge on any atom is 0.310 e. The van der Waals surface area contributed by atoms with Crippen molar-refractivity contribution in [2.24, 2.45) is 5.92 Å². The van der Waals surface area contributed by atoms with Gasteiger partial charge in [0.1, 0.15) is 18.1 Å². The number of ether oxygens (including phenoxy) is 3. The average molecular weight is 473 g/mol. The highest BCUT2D eigenvalue weighted by atomic mass is 16.5. The van der Waals surface area contributed by atoms with E-state index in [0.717, 1.165) is 12.8 Å². The minimum Gasteiger partial charge on any atom is -0.491 e. The Bertz CT molecular complexity index is 1010. The second-order valence-corrected chi connectivity index (χ2v) is 7.95. The van der Waals surface area contributed by atoms with Crippen molar-refractivity contribution in [2.45, 2.75) is 39.5 Å². The van der Waals surface area contributed by atoms with Crippen molar-refractivity contribution in [3.8, 4) is 17.1 Å². The standard InChI is InChI=1S/C24H32N4O6/c1-3-32-14-15-34-19-9-7-17(8-10-19)22-25-23(30)20(26-27-22)11-12-21(29)28-13-5-6-18(16-28)24(31)33-4-2/h7-10,18H,3-6,11-16H2,1-2H3,(H,25,27,30). The van der Waals surface area contributed by atoms with E-state index in [1.807, 2.05) is 6.92 Å². The number of hydrogen-bond donors (Lipinski definition) is 1. The number of hydrogen-bond acceptors (Lipinski definition) is 8. The molecule has 10 nitrogen and oxygen atoms in total. The number of carbonyl (C=O) groups is 2. The van der Waals surface area contributed by atoms with Gasteiger partial charge in [-0.1, -0.05) is 0 Å². The normalized spacial score (nSPS) is 15.7. The van der Waals surface area contributed by atoms with E-state index in [1.54, 1.807) is 36.1 Å². The first-order chi connectivity index (χ1) is 16.5. The number of benzene rings is 1. The lowest BCUT2D eigenvalue weighted by atomic mass is 9.98. The van der Waals surface area contributed by atoms with Crippen molar-refractivity contribution < 1.29 is 23.8 Å². The van der Waals surface area contributed by atoms with Gasteiger partial charge in [-0.15, -0.1) is 10.2 Å². The molecule has 0 radical (unpaired) electrons. The first-order valence-electron chi connectivity index (χ1n) is 11.7. The summed E-state index contributed by atoms with van der Waals surface area (Å²) < 4.78 is 15.9. The smallest absolute Gasteiger partial charge is 0.310 e. The highest BCUT2D eigenvalue weighted by molar-refractivity contribution is 5.78. The summed E-state index contributed by atoms with van der Waals surface area (Å²) in [4.78, 5) is 41.5. The monoisotopic (exact) mass is 472 g/mol. The number of piperidine rings is 1. The Morgan fingerprint density at radius 1 is 1.12 bits per heavy atom. The van der Waals surface area contributed by atoms with Gasteiger partial charge in [0.05, 0.1) is 19.1 Å². The van der Waals surface area contributed by atoms with Gasteiger partial charge in [0.2, 0.25) is 5.91 Å². The van der Waals surface area contributed by atoms with Gasteiger partial charge in [0, 0.05) is 38.1 Å². The molecule has 1 atom stereocenters. The summed E-state index contributed by atoms with van der Waals surface area (Å²) in [7, 11) is 0. The predicted octanol–water partition coefficient (Wildman–Crippen LogP) is 1.98. The van der Waals surface area contributed by atoms with Crippen molar-refractivity contribution in [1.82, 2.24) is 20.1 Å². The highest BCUT2D eigenvalue weighted by Crippen LogP contribution is 2.20. The lowest BCUT2D eigenvalue weighted by Crippen LogP contribution is -2.43. The molecule has 2 heterocycles. The zero-order valence-corrected chi connectivity index (χ0v) is 19.7. The summed E-state index contributed by atoms with van der Waals surface area (Å²) in [5.41, 5.74) is 0.521. The fraction of sp³-hybridized carbons (Fsp3) is 0.542. The number of esters is 1. The molecule has 1 fully saturated rings. The molecule has 184 valence electrons. The minimum absolute atomic E-state index is 0.112. The van der Waals surface area contributed by atoms with Crippen LogP contribution in [0, 0.1) is 5.92 Å². The average Bonchev–Trinajstić information content (AvgIpc) is 2.86. The molecule has 34 heavy (non-hydrogen) atoms.